The molecule has 0 saturated carbocycles. The van der Waals surface area contributed by atoms with Gasteiger partial charge >= 0.3 is 0 Å². The molecule has 136 valence electrons. The fourth-order valence-corrected chi connectivity index (χ4v) is 3.41. The molecule has 0 atom stereocenters. The molecule has 2 aromatic rings. The van der Waals surface area contributed by atoms with Crippen molar-refractivity contribution >= 4 is 23.4 Å². The average molecular weight is 371 g/mol. The van der Waals surface area contributed by atoms with E-state index >= 15 is 0 Å². The number of nitrogens with zero attached hydrogens (tertiary/aromatic N) is 2. The largest absolute Gasteiger partial charge is 0.339 e. The van der Waals surface area contributed by atoms with Gasteiger partial charge in [0.25, 0.3) is 0 Å². The fourth-order valence-electron chi connectivity index (χ4n) is 3.20. The Morgan fingerprint density at radius 2 is 1.27 bits per heavy atom. The van der Waals surface area contributed by atoms with Crippen molar-refractivity contribution < 1.29 is 9.59 Å². The second-order valence-corrected chi connectivity index (χ2v) is 7.04. The maximum absolute atomic E-state index is 12.5. The molecule has 1 fully saturated rings. The second-order valence-electron chi connectivity index (χ2n) is 6.63. The highest BCUT2D eigenvalue weighted by molar-refractivity contribution is 6.31. The van der Waals surface area contributed by atoms with Crippen molar-refractivity contribution in [2.24, 2.45) is 0 Å². The zero-order valence-corrected chi connectivity index (χ0v) is 15.7. The van der Waals surface area contributed by atoms with Crippen LogP contribution in [0.15, 0.2) is 48.5 Å². The van der Waals surface area contributed by atoms with Crippen LogP contribution in [0.2, 0.25) is 5.02 Å². The SMILES string of the molecule is Cc1ccccc1CC(=O)N1CCN(C(=O)Cc2ccccc2Cl)CC1. The Morgan fingerprint density at radius 1 is 0.808 bits per heavy atom. The molecule has 0 aliphatic carbocycles. The van der Waals surface area contributed by atoms with Crippen LogP contribution < -0.4 is 0 Å². The van der Waals surface area contributed by atoms with Gasteiger partial charge in [0.1, 0.15) is 0 Å². The topological polar surface area (TPSA) is 40.6 Å². The lowest BCUT2D eigenvalue weighted by atomic mass is 10.1. The fraction of sp³-hybridized carbons (Fsp3) is 0.333. The lowest BCUT2D eigenvalue weighted by Crippen LogP contribution is -2.51. The highest BCUT2D eigenvalue weighted by Crippen LogP contribution is 2.17. The van der Waals surface area contributed by atoms with Crippen molar-refractivity contribution in [3.05, 3.63) is 70.2 Å². The van der Waals surface area contributed by atoms with Crippen LogP contribution in [0.25, 0.3) is 0 Å². The van der Waals surface area contributed by atoms with Crippen molar-refractivity contribution in [3.63, 3.8) is 0 Å². The number of aryl methyl sites for hydroxylation is 1. The number of piperazine rings is 1. The third kappa shape index (κ3) is 4.44. The van der Waals surface area contributed by atoms with Crippen LogP contribution in [0.3, 0.4) is 0 Å². The van der Waals surface area contributed by atoms with Gasteiger partial charge in [-0.2, -0.15) is 0 Å². The van der Waals surface area contributed by atoms with Gasteiger partial charge in [-0.25, -0.2) is 0 Å². The molecule has 0 N–H and O–H groups in total. The normalized spacial score (nSPS) is 14.4. The third-order valence-electron chi connectivity index (χ3n) is 4.89. The number of hydrogen-bond acceptors (Lipinski definition) is 2. The quantitative estimate of drug-likeness (QED) is 0.829. The summed E-state index contributed by atoms with van der Waals surface area (Å²) in [4.78, 5) is 28.7. The standard InChI is InChI=1S/C21H23ClN2O2/c1-16-6-2-3-7-17(16)14-20(25)23-10-12-24(13-11-23)21(26)15-18-8-4-5-9-19(18)22/h2-9H,10-15H2,1H3. The molecule has 3 rings (SSSR count). The molecule has 26 heavy (non-hydrogen) atoms. The molecule has 1 saturated heterocycles. The summed E-state index contributed by atoms with van der Waals surface area (Å²) < 4.78 is 0. The lowest BCUT2D eigenvalue weighted by molar-refractivity contribution is -0.138. The molecule has 0 bridgehead atoms. The van der Waals surface area contributed by atoms with E-state index in [0.717, 1.165) is 16.7 Å². The molecule has 2 amide bonds. The molecule has 1 aliphatic heterocycles. The molecular formula is C21H23ClN2O2. The summed E-state index contributed by atoms with van der Waals surface area (Å²) in [5, 5.41) is 0.618. The Labute approximate surface area is 159 Å². The number of rotatable bonds is 4. The first-order valence-electron chi connectivity index (χ1n) is 8.88. The van der Waals surface area contributed by atoms with Crippen LogP contribution in [0.4, 0.5) is 0 Å². The zero-order valence-electron chi connectivity index (χ0n) is 15.0. The van der Waals surface area contributed by atoms with E-state index in [1.165, 1.54) is 0 Å². The molecule has 4 nitrogen and oxygen atoms in total. The van der Waals surface area contributed by atoms with E-state index in [2.05, 4.69) is 0 Å². The van der Waals surface area contributed by atoms with E-state index in [1.54, 1.807) is 6.07 Å². The van der Waals surface area contributed by atoms with Crippen molar-refractivity contribution in [1.29, 1.82) is 0 Å². The van der Waals surface area contributed by atoms with Gasteiger partial charge in [0.05, 0.1) is 12.8 Å². The summed E-state index contributed by atoms with van der Waals surface area (Å²) in [6.45, 7) is 4.33. The number of carbonyl (C=O) groups excluding carboxylic acids is 2. The number of amides is 2. The first kappa shape index (κ1) is 18.5. The zero-order chi connectivity index (χ0) is 18.5. The Kier molecular flexibility index (Phi) is 5.94. The number of carbonyl (C=O) groups is 2. The Morgan fingerprint density at radius 3 is 1.81 bits per heavy atom. The van der Waals surface area contributed by atoms with Crippen molar-refractivity contribution in [1.82, 2.24) is 9.80 Å². The lowest BCUT2D eigenvalue weighted by Gasteiger charge is -2.35. The van der Waals surface area contributed by atoms with Gasteiger partial charge in [0.2, 0.25) is 11.8 Å². The maximum atomic E-state index is 12.5. The Hall–Kier alpha value is -2.33. The first-order chi connectivity index (χ1) is 12.5. The number of halogens is 1. The van der Waals surface area contributed by atoms with Crippen LogP contribution in [-0.2, 0) is 22.4 Å². The molecule has 0 radical (unpaired) electrons. The van der Waals surface area contributed by atoms with E-state index in [4.69, 9.17) is 11.6 Å². The van der Waals surface area contributed by atoms with Gasteiger partial charge in [-0.1, -0.05) is 54.1 Å². The molecule has 0 spiro atoms. The molecule has 2 aromatic carbocycles. The van der Waals surface area contributed by atoms with E-state index in [-0.39, 0.29) is 11.8 Å². The van der Waals surface area contributed by atoms with Gasteiger partial charge in [-0.3, -0.25) is 9.59 Å². The second kappa shape index (κ2) is 8.37. The summed E-state index contributed by atoms with van der Waals surface area (Å²) in [6, 6.07) is 15.4. The predicted molar refractivity (Wildman–Crippen MR) is 103 cm³/mol. The minimum absolute atomic E-state index is 0.0594. The van der Waals surface area contributed by atoms with Gasteiger partial charge in [0, 0.05) is 31.2 Å². The summed E-state index contributed by atoms with van der Waals surface area (Å²) in [6.07, 6.45) is 0.719. The Bertz CT molecular complexity index is 731. The Balaban J connectivity index is 1.52. The number of benzene rings is 2. The summed E-state index contributed by atoms with van der Waals surface area (Å²) in [7, 11) is 0. The van der Waals surface area contributed by atoms with Gasteiger partial charge in [0.15, 0.2) is 0 Å². The van der Waals surface area contributed by atoms with Crippen LogP contribution in [0, 0.1) is 6.92 Å². The van der Waals surface area contributed by atoms with Gasteiger partial charge < -0.3 is 9.80 Å². The van der Waals surface area contributed by atoms with Crippen LogP contribution in [-0.4, -0.2) is 47.8 Å². The van der Waals surface area contributed by atoms with Crippen LogP contribution in [0.1, 0.15) is 16.7 Å². The van der Waals surface area contributed by atoms with E-state index < -0.39 is 0 Å². The molecule has 0 unspecified atom stereocenters. The van der Waals surface area contributed by atoms with E-state index in [0.29, 0.717) is 44.0 Å². The minimum atomic E-state index is 0.0594. The number of hydrogen-bond donors (Lipinski definition) is 0. The van der Waals surface area contributed by atoms with Gasteiger partial charge in [-0.15, -0.1) is 0 Å². The van der Waals surface area contributed by atoms with Crippen molar-refractivity contribution in [3.8, 4) is 0 Å². The third-order valence-corrected chi connectivity index (χ3v) is 5.26. The van der Waals surface area contributed by atoms with Crippen molar-refractivity contribution in [2.45, 2.75) is 19.8 Å². The summed E-state index contributed by atoms with van der Waals surface area (Å²) in [5.41, 5.74) is 3.04. The molecule has 0 aromatic heterocycles. The van der Waals surface area contributed by atoms with Crippen LogP contribution >= 0.6 is 11.6 Å². The first-order valence-corrected chi connectivity index (χ1v) is 9.26. The highest BCUT2D eigenvalue weighted by Gasteiger charge is 2.24. The monoisotopic (exact) mass is 370 g/mol. The molecular weight excluding hydrogens is 348 g/mol. The van der Waals surface area contributed by atoms with Gasteiger partial charge in [-0.05, 0) is 29.7 Å². The predicted octanol–water partition coefficient (Wildman–Crippen LogP) is 3.10. The average Bonchev–Trinajstić information content (AvgIpc) is 2.65. The van der Waals surface area contributed by atoms with Crippen LogP contribution in [0.5, 0.6) is 0 Å². The maximum Gasteiger partial charge on any atom is 0.227 e. The van der Waals surface area contributed by atoms with E-state index in [1.807, 2.05) is 59.2 Å². The molecule has 1 heterocycles. The molecule has 1 aliphatic rings. The molecule has 5 heteroatoms. The summed E-state index contributed by atoms with van der Waals surface area (Å²) in [5.74, 6) is 0.182. The summed E-state index contributed by atoms with van der Waals surface area (Å²) >= 11 is 6.14. The smallest absolute Gasteiger partial charge is 0.227 e. The highest BCUT2D eigenvalue weighted by atomic mass is 35.5. The minimum Gasteiger partial charge on any atom is -0.339 e. The van der Waals surface area contributed by atoms with Crippen molar-refractivity contribution in [2.75, 3.05) is 26.2 Å². The van der Waals surface area contributed by atoms with E-state index in [9.17, 15) is 9.59 Å².